The van der Waals surface area contributed by atoms with Gasteiger partial charge in [0.1, 0.15) is 11.5 Å². The summed E-state index contributed by atoms with van der Waals surface area (Å²) in [5.41, 5.74) is 17.8. The second-order valence-electron chi connectivity index (χ2n) is 15.7. The van der Waals surface area contributed by atoms with Gasteiger partial charge in [0.05, 0.1) is 5.69 Å². The first kappa shape index (κ1) is 33.0. The van der Waals surface area contributed by atoms with Gasteiger partial charge in [-0.3, -0.25) is 0 Å². The molecule has 2 heterocycles. The Bertz CT molecular complexity index is 2700. The fraction of sp³-hybridized carbons (Fsp3) is 0.0769. The standard InChI is InChI=1S/C52H40BNO/c1-52(2,3)42-33-48-51-50(34-42)55-49-29-26-41(37-20-12-6-13-21-37)32-45(49)53(51)44-31-40(36-18-10-5-11-19-36)25-28-47(44)54(48)46-27-24-39(35-16-8-4-9-17-35)30-43(46)38-22-14-7-15-23-38/h4-34H,1-3H3. The minimum atomic E-state index is -0.107. The maximum atomic E-state index is 7.03. The third kappa shape index (κ3) is 5.75. The van der Waals surface area contributed by atoms with Crippen molar-refractivity contribution >= 4 is 40.2 Å². The van der Waals surface area contributed by atoms with Crippen LogP contribution in [-0.2, 0) is 5.41 Å². The largest absolute Gasteiger partial charge is 0.458 e. The molecular weight excluding hydrogens is 665 g/mol. The third-order valence-electron chi connectivity index (χ3n) is 11.3. The Morgan fingerprint density at radius 1 is 0.400 bits per heavy atom. The fourth-order valence-electron chi connectivity index (χ4n) is 8.46. The fourth-order valence-corrected chi connectivity index (χ4v) is 8.46. The van der Waals surface area contributed by atoms with Gasteiger partial charge in [-0.05, 0) is 103 Å². The number of ether oxygens (including phenoxy) is 1. The summed E-state index contributed by atoms with van der Waals surface area (Å²) in [6, 6.07) is 68.4. The average molecular weight is 706 g/mol. The zero-order valence-electron chi connectivity index (χ0n) is 31.3. The lowest BCUT2D eigenvalue weighted by Crippen LogP contribution is -2.59. The van der Waals surface area contributed by atoms with Gasteiger partial charge in [0.2, 0.25) is 0 Å². The molecule has 0 spiro atoms. The molecule has 10 rings (SSSR count). The van der Waals surface area contributed by atoms with Crippen LogP contribution in [0.3, 0.4) is 0 Å². The molecule has 0 amide bonds. The molecule has 0 saturated heterocycles. The van der Waals surface area contributed by atoms with E-state index in [1.54, 1.807) is 0 Å². The molecule has 0 fully saturated rings. The van der Waals surface area contributed by atoms with Gasteiger partial charge in [-0.2, -0.15) is 0 Å². The Labute approximate surface area is 324 Å². The van der Waals surface area contributed by atoms with E-state index < -0.39 is 0 Å². The number of hydrogen-bond acceptors (Lipinski definition) is 2. The number of anilines is 3. The molecule has 0 unspecified atom stereocenters. The summed E-state index contributed by atoms with van der Waals surface area (Å²) < 4.78 is 7.03. The highest BCUT2D eigenvalue weighted by molar-refractivity contribution is 6.99. The van der Waals surface area contributed by atoms with E-state index in [9.17, 15) is 0 Å². The Balaban J connectivity index is 1.28. The van der Waals surface area contributed by atoms with Gasteiger partial charge < -0.3 is 9.64 Å². The van der Waals surface area contributed by atoms with Crippen molar-refractivity contribution in [1.82, 2.24) is 0 Å². The van der Waals surface area contributed by atoms with Gasteiger partial charge in [-0.15, -0.1) is 0 Å². The first-order valence-electron chi connectivity index (χ1n) is 19.2. The first-order valence-corrected chi connectivity index (χ1v) is 19.2. The normalized spacial score (nSPS) is 12.7. The summed E-state index contributed by atoms with van der Waals surface area (Å²) in [6.45, 7) is 6.84. The van der Waals surface area contributed by atoms with Crippen molar-refractivity contribution in [1.29, 1.82) is 0 Å². The van der Waals surface area contributed by atoms with E-state index in [1.807, 2.05) is 0 Å². The van der Waals surface area contributed by atoms with Gasteiger partial charge in [0.25, 0.3) is 6.71 Å². The maximum absolute atomic E-state index is 7.03. The van der Waals surface area contributed by atoms with Crippen LogP contribution in [-0.4, -0.2) is 6.71 Å². The van der Waals surface area contributed by atoms with Crippen molar-refractivity contribution in [3.8, 4) is 56.0 Å². The molecule has 0 atom stereocenters. The minimum Gasteiger partial charge on any atom is -0.458 e. The van der Waals surface area contributed by atoms with Crippen LogP contribution in [0.1, 0.15) is 26.3 Å². The van der Waals surface area contributed by atoms with Crippen LogP contribution in [0.15, 0.2) is 188 Å². The molecule has 0 N–H and O–H groups in total. The second-order valence-corrected chi connectivity index (χ2v) is 15.7. The smallest absolute Gasteiger partial charge is 0.256 e. The lowest BCUT2D eigenvalue weighted by Gasteiger charge is -2.42. The van der Waals surface area contributed by atoms with Crippen molar-refractivity contribution in [3.05, 3.63) is 194 Å². The van der Waals surface area contributed by atoms with Gasteiger partial charge in [-0.1, -0.05) is 172 Å². The zero-order chi connectivity index (χ0) is 37.1. The summed E-state index contributed by atoms with van der Waals surface area (Å²) in [5.74, 6) is 1.84. The lowest BCUT2D eigenvalue weighted by molar-refractivity contribution is 0.483. The summed E-state index contributed by atoms with van der Waals surface area (Å²) >= 11 is 0. The van der Waals surface area contributed by atoms with Crippen molar-refractivity contribution < 1.29 is 4.74 Å². The Kier molecular flexibility index (Phi) is 7.85. The number of hydrogen-bond donors (Lipinski definition) is 0. The monoisotopic (exact) mass is 705 g/mol. The van der Waals surface area contributed by atoms with E-state index >= 15 is 0 Å². The summed E-state index contributed by atoms with van der Waals surface area (Å²) in [4.78, 5) is 2.52. The number of fused-ring (bicyclic) bond motifs is 4. The summed E-state index contributed by atoms with van der Waals surface area (Å²) in [6.07, 6.45) is 0. The van der Waals surface area contributed by atoms with Gasteiger partial charge in [0, 0.05) is 16.9 Å². The van der Waals surface area contributed by atoms with Crippen molar-refractivity contribution in [3.63, 3.8) is 0 Å². The highest BCUT2D eigenvalue weighted by Gasteiger charge is 2.43. The molecule has 0 saturated carbocycles. The molecule has 3 heteroatoms. The highest BCUT2D eigenvalue weighted by atomic mass is 16.5. The van der Waals surface area contributed by atoms with Crippen molar-refractivity contribution in [2.24, 2.45) is 0 Å². The van der Waals surface area contributed by atoms with Crippen LogP contribution in [0.5, 0.6) is 11.5 Å². The number of benzene rings is 8. The Morgan fingerprint density at radius 2 is 0.891 bits per heavy atom. The van der Waals surface area contributed by atoms with E-state index in [4.69, 9.17) is 4.74 Å². The van der Waals surface area contributed by atoms with E-state index in [0.29, 0.717) is 0 Å². The SMILES string of the molecule is CC(C)(C)c1cc2c3c(c1)N(c1ccc(-c4ccccc4)cc1-c1ccccc1)c1ccc(-c4ccccc4)cc1B3c1cc(-c3ccccc3)ccc1O2. The predicted molar refractivity (Wildman–Crippen MR) is 233 cm³/mol. The Morgan fingerprint density at radius 3 is 1.45 bits per heavy atom. The second kappa shape index (κ2) is 13.1. The van der Waals surface area contributed by atoms with Crippen LogP contribution < -0.4 is 26.0 Å². The topological polar surface area (TPSA) is 12.5 Å². The van der Waals surface area contributed by atoms with E-state index in [-0.39, 0.29) is 12.1 Å². The number of nitrogens with zero attached hydrogens (tertiary/aromatic N) is 1. The van der Waals surface area contributed by atoms with Gasteiger partial charge in [-0.25, -0.2) is 0 Å². The molecule has 2 aliphatic heterocycles. The minimum absolute atomic E-state index is 0.0369. The molecule has 0 aliphatic carbocycles. The molecule has 0 radical (unpaired) electrons. The molecule has 262 valence electrons. The molecule has 0 bridgehead atoms. The third-order valence-corrected chi connectivity index (χ3v) is 11.3. The van der Waals surface area contributed by atoms with Crippen molar-refractivity contribution in [2.45, 2.75) is 26.2 Å². The molecule has 2 nitrogen and oxygen atoms in total. The number of rotatable bonds is 5. The van der Waals surface area contributed by atoms with Gasteiger partial charge in [0.15, 0.2) is 0 Å². The molecule has 2 aliphatic rings. The highest BCUT2D eigenvalue weighted by Crippen LogP contribution is 2.47. The van der Waals surface area contributed by atoms with Crippen LogP contribution in [0.4, 0.5) is 17.1 Å². The van der Waals surface area contributed by atoms with E-state index in [1.165, 1.54) is 72.1 Å². The quantitative estimate of drug-likeness (QED) is 0.165. The van der Waals surface area contributed by atoms with Crippen LogP contribution in [0.2, 0.25) is 0 Å². The average Bonchev–Trinajstić information content (AvgIpc) is 3.24. The lowest BCUT2D eigenvalue weighted by atomic mass is 9.34. The van der Waals surface area contributed by atoms with Crippen LogP contribution >= 0.6 is 0 Å². The molecule has 8 aromatic carbocycles. The predicted octanol–water partition coefficient (Wildman–Crippen LogP) is 12.1. The molecular formula is C52H40BNO. The molecule has 0 aromatic heterocycles. The zero-order valence-corrected chi connectivity index (χ0v) is 31.3. The van der Waals surface area contributed by atoms with E-state index in [0.717, 1.165) is 22.9 Å². The van der Waals surface area contributed by atoms with Gasteiger partial charge >= 0.3 is 0 Å². The summed E-state index contributed by atoms with van der Waals surface area (Å²) in [7, 11) is 0. The van der Waals surface area contributed by atoms with E-state index in [2.05, 4.69) is 214 Å². The van der Waals surface area contributed by atoms with Crippen LogP contribution in [0, 0.1) is 0 Å². The molecule has 8 aromatic rings. The van der Waals surface area contributed by atoms with Crippen LogP contribution in [0.25, 0.3) is 44.5 Å². The summed E-state index contributed by atoms with van der Waals surface area (Å²) in [5, 5.41) is 0. The van der Waals surface area contributed by atoms with Crippen molar-refractivity contribution in [2.75, 3.05) is 4.90 Å². The molecule has 55 heavy (non-hydrogen) atoms. The first-order chi connectivity index (χ1) is 26.9. The Hall–Kier alpha value is -6.58. The maximum Gasteiger partial charge on any atom is 0.256 e.